The van der Waals surface area contributed by atoms with Crippen molar-refractivity contribution in [1.82, 2.24) is 0 Å². The van der Waals surface area contributed by atoms with Gasteiger partial charge in [-0.25, -0.2) is 0 Å². The number of hydrogen-bond donors (Lipinski definition) is 0. The van der Waals surface area contributed by atoms with Gasteiger partial charge in [0.15, 0.2) is 0 Å². The van der Waals surface area contributed by atoms with E-state index in [9.17, 15) is 0 Å². The Bertz CT molecular complexity index is 56.5. The van der Waals surface area contributed by atoms with Crippen LogP contribution in [0.5, 0.6) is 0 Å². The fourth-order valence-corrected chi connectivity index (χ4v) is 0. The fourth-order valence-electron chi connectivity index (χ4n) is 0. The Kier molecular flexibility index (Phi) is 54.7. The van der Waals surface area contributed by atoms with Gasteiger partial charge in [-0.3, -0.25) is 0 Å². The van der Waals surface area contributed by atoms with E-state index < -0.39 is 15.4 Å². The molecule has 0 saturated heterocycles. The Morgan fingerprint density at radius 3 is 1.14 bits per heavy atom. The third-order valence-corrected chi connectivity index (χ3v) is 0. The van der Waals surface area contributed by atoms with Crippen LogP contribution in [0.4, 0.5) is 0 Å². The van der Waals surface area contributed by atoms with Gasteiger partial charge < -0.3 is 11.0 Å². The summed E-state index contributed by atoms with van der Waals surface area (Å²) in [5, 5.41) is 0. The van der Waals surface area contributed by atoms with Crippen molar-refractivity contribution >= 4 is 0 Å². The average molecular weight is 158 g/mol. The maximum absolute atomic E-state index is 8.56. The molecule has 0 bridgehead atoms. The van der Waals surface area contributed by atoms with E-state index in [0.29, 0.717) is 0 Å². The van der Waals surface area contributed by atoms with Crippen molar-refractivity contribution in [3.63, 3.8) is 0 Å². The molecule has 4 N–H and O–H groups in total. The third kappa shape index (κ3) is 160. The Balaban J connectivity index is -0.0000000150. The van der Waals surface area contributed by atoms with Crippen LogP contribution in [-0.4, -0.2) is 11.0 Å². The van der Waals surface area contributed by atoms with Crippen molar-refractivity contribution in [2.24, 2.45) is 0 Å². The van der Waals surface area contributed by atoms with E-state index in [1.807, 2.05) is 0 Å². The molecule has 0 heterocycles. The Labute approximate surface area is 67.0 Å². The molecular formula is H4NaO5V. The van der Waals surface area contributed by atoms with E-state index in [1.165, 1.54) is 0 Å². The van der Waals surface area contributed by atoms with Crippen molar-refractivity contribution in [2.45, 2.75) is 0 Å². The van der Waals surface area contributed by atoms with Gasteiger partial charge in [0.1, 0.15) is 0 Å². The zero-order valence-electron chi connectivity index (χ0n) is 3.67. The molecule has 5 nitrogen and oxygen atoms in total. The molecule has 0 aliphatic heterocycles. The number of hydrogen-bond acceptors (Lipinski definition) is 3. The summed E-state index contributed by atoms with van der Waals surface area (Å²) < 4.78 is 25.7. The first-order valence-corrected chi connectivity index (χ1v) is 2.26. The molecule has 0 rings (SSSR count). The first kappa shape index (κ1) is 24.4. The van der Waals surface area contributed by atoms with E-state index in [1.54, 1.807) is 0 Å². The molecule has 0 aliphatic carbocycles. The molecule has 40 valence electrons. The van der Waals surface area contributed by atoms with E-state index in [4.69, 9.17) is 11.4 Å². The zero-order valence-corrected chi connectivity index (χ0v) is 7.07. The molecule has 0 saturated carbocycles. The van der Waals surface area contributed by atoms with Crippen molar-refractivity contribution in [3.05, 3.63) is 0 Å². The van der Waals surface area contributed by atoms with Gasteiger partial charge in [-0.05, 0) is 0 Å². The van der Waals surface area contributed by atoms with Crippen molar-refractivity contribution in [2.75, 3.05) is 0 Å². The normalized spacial score (nSPS) is 3.57. The summed E-state index contributed by atoms with van der Waals surface area (Å²) in [6, 6.07) is 0. The number of rotatable bonds is 0. The molecule has 0 radical (unpaired) electrons. The standard InChI is InChI=1S/Na.2H2O.3O.V/h;2*1H2;;;;/q+1;;;;;-1;. The first-order chi connectivity index (χ1) is 1.73. The molecule has 0 unspecified atom stereocenters. The summed E-state index contributed by atoms with van der Waals surface area (Å²) >= 11 is -3.94. The van der Waals surface area contributed by atoms with E-state index in [-0.39, 0.29) is 40.5 Å². The Morgan fingerprint density at radius 1 is 1.14 bits per heavy atom. The minimum atomic E-state index is -3.94. The molecular weight excluding hydrogens is 154 g/mol. The second-order valence-electron chi connectivity index (χ2n) is 0.224. The van der Waals surface area contributed by atoms with E-state index in [2.05, 4.69) is 0 Å². The van der Waals surface area contributed by atoms with Gasteiger partial charge in [0, 0.05) is 0 Å². The van der Waals surface area contributed by atoms with Gasteiger partial charge in [-0.1, -0.05) is 0 Å². The molecule has 0 aromatic heterocycles. The molecule has 0 atom stereocenters. The molecule has 0 aromatic rings. The van der Waals surface area contributed by atoms with Crippen LogP contribution in [0.1, 0.15) is 0 Å². The van der Waals surface area contributed by atoms with Crippen LogP contribution in [0.3, 0.4) is 0 Å². The average Bonchev–Trinajstić information content (AvgIpc) is 0.811. The monoisotopic (exact) mass is 158 g/mol. The Hall–Kier alpha value is 1.06. The second-order valence-corrected chi connectivity index (χ2v) is 0.922. The van der Waals surface area contributed by atoms with Crippen LogP contribution in [-0.2, 0) is 22.7 Å². The summed E-state index contributed by atoms with van der Waals surface area (Å²) in [5.74, 6) is 0. The molecule has 0 fully saturated rings. The zero-order chi connectivity index (χ0) is 3.58. The van der Waals surface area contributed by atoms with Crippen LogP contribution >= 0.6 is 0 Å². The van der Waals surface area contributed by atoms with Gasteiger partial charge in [-0.2, -0.15) is 0 Å². The quantitative estimate of drug-likeness (QED) is 0.326. The summed E-state index contributed by atoms with van der Waals surface area (Å²) in [6.07, 6.45) is 0. The van der Waals surface area contributed by atoms with Crippen LogP contribution in [0.25, 0.3) is 0 Å². The van der Waals surface area contributed by atoms with Crippen LogP contribution < -0.4 is 33.6 Å². The molecule has 7 heavy (non-hydrogen) atoms. The predicted octanol–water partition coefficient (Wildman–Crippen LogP) is -6.07. The van der Waals surface area contributed by atoms with Gasteiger partial charge >= 0.3 is 56.3 Å². The predicted molar refractivity (Wildman–Crippen MR) is 8.60 cm³/mol. The van der Waals surface area contributed by atoms with Gasteiger partial charge in [0.05, 0.1) is 0 Å². The van der Waals surface area contributed by atoms with E-state index >= 15 is 0 Å². The minimum absolute atomic E-state index is 0. The fraction of sp³-hybridized carbons (Fsp3) is 0. The molecule has 7 heteroatoms. The topological polar surface area (TPSA) is 120 Å². The van der Waals surface area contributed by atoms with Gasteiger partial charge in [-0.15, -0.1) is 0 Å². The van der Waals surface area contributed by atoms with Crippen LogP contribution in [0.15, 0.2) is 0 Å². The summed E-state index contributed by atoms with van der Waals surface area (Å²) in [5.41, 5.74) is 0. The summed E-state index contributed by atoms with van der Waals surface area (Å²) in [4.78, 5) is 0. The molecule has 0 aliphatic rings. The third-order valence-electron chi connectivity index (χ3n) is 0. The first-order valence-electron chi connectivity index (χ1n) is 0.548. The van der Waals surface area contributed by atoms with Crippen molar-refractivity contribution in [3.8, 4) is 0 Å². The molecule has 0 spiro atoms. The van der Waals surface area contributed by atoms with Crippen molar-refractivity contribution < 1.29 is 67.3 Å². The molecule has 0 aromatic carbocycles. The second kappa shape index (κ2) is 15.7. The summed E-state index contributed by atoms with van der Waals surface area (Å²) in [6.45, 7) is 0. The van der Waals surface area contributed by atoms with Crippen molar-refractivity contribution in [1.29, 1.82) is 0 Å². The molecule has 0 amide bonds. The van der Waals surface area contributed by atoms with Gasteiger partial charge in [0.25, 0.3) is 0 Å². The van der Waals surface area contributed by atoms with Gasteiger partial charge in [0.2, 0.25) is 0 Å². The van der Waals surface area contributed by atoms with Crippen LogP contribution in [0, 0.1) is 0 Å². The summed E-state index contributed by atoms with van der Waals surface area (Å²) in [7, 11) is 0. The maximum atomic E-state index is 8.56. The van der Waals surface area contributed by atoms with E-state index in [0.717, 1.165) is 0 Å². The SMILES string of the molecule is O.O.[Na+].[O]=[V](=[O])[O-]. The Morgan fingerprint density at radius 2 is 1.14 bits per heavy atom. The van der Waals surface area contributed by atoms with Crippen LogP contribution in [0.2, 0.25) is 0 Å².